The van der Waals surface area contributed by atoms with Crippen LogP contribution in [0.3, 0.4) is 0 Å². The predicted octanol–water partition coefficient (Wildman–Crippen LogP) is 1.95. The van der Waals surface area contributed by atoms with E-state index in [2.05, 4.69) is 0 Å². The zero-order valence-electron chi connectivity index (χ0n) is 11.7. The molecule has 8 heteroatoms. The van der Waals surface area contributed by atoms with E-state index >= 15 is 0 Å². The second-order valence-corrected chi connectivity index (χ2v) is 6.25. The fourth-order valence-corrected chi connectivity index (χ4v) is 3.60. The summed E-state index contributed by atoms with van der Waals surface area (Å²) in [5, 5.41) is 11.7. The summed E-state index contributed by atoms with van der Waals surface area (Å²) >= 11 is 1.16. The predicted molar refractivity (Wildman–Crippen MR) is 79.7 cm³/mol. The first-order chi connectivity index (χ1) is 9.88. The molecule has 0 aromatic carbocycles. The number of rotatable bonds is 5. The van der Waals surface area contributed by atoms with Gasteiger partial charge in [-0.1, -0.05) is 0 Å². The van der Waals surface area contributed by atoms with Gasteiger partial charge in [0.2, 0.25) is 5.91 Å². The Morgan fingerprint density at radius 2 is 2.10 bits per heavy atom. The molecule has 1 amide bonds. The third-order valence-electron chi connectivity index (χ3n) is 3.63. The van der Waals surface area contributed by atoms with Crippen LogP contribution in [0.1, 0.15) is 35.9 Å². The molecule has 2 rings (SSSR count). The van der Waals surface area contributed by atoms with Gasteiger partial charge in [0.1, 0.15) is 0 Å². The highest BCUT2D eigenvalue weighted by Gasteiger charge is 2.28. The molecule has 2 heterocycles. The number of nitrogens with zero attached hydrogens (tertiary/aromatic N) is 2. The van der Waals surface area contributed by atoms with Crippen LogP contribution >= 0.6 is 11.3 Å². The number of anilines is 1. The molecule has 0 atom stereocenters. The van der Waals surface area contributed by atoms with Crippen LogP contribution in [0.5, 0.6) is 0 Å². The van der Waals surface area contributed by atoms with Crippen LogP contribution in [-0.2, 0) is 4.79 Å². The molecule has 1 saturated heterocycles. The molecule has 1 fully saturated rings. The van der Waals surface area contributed by atoms with Gasteiger partial charge in [0.05, 0.1) is 9.80 Å². The molecule has 0 bridgehead atoms. The minimum atomic E-state index is -0.451. The van der Waals surface area contributed by atoms with Gasteiger partial charge in [-0.2, -0.15) is 0 Å². The Hall–Kier alpha value is -1.96. The van der Waals surface area contributed by atoms with Crippen molar-refractivity contribution < 1.29 is 14.5 Å². The maximum atomic E-state index is 11.4. The number of thiophene rings is 1. The lowest BCUT2D eigenvalue weighted by molar-refractivity contribution is -0.383. The molecule has 0 saturated carbocycles. The van der Waals surface area contributed by atoms with Crippen molar-refractivity contribution in [3.8, 4) is 0 Å². The number of piperidine rings is 1. The SMILES string of the molecule is CC(=O)c1cc([N+](=O)[O-])c(N2CCC(CC(N)=O)CC2)s1. The molecule has 0 radical (unpaired) electrons. The van der Waals surface area contributed by atoms with Gasteiger partial charge in [0.25, 0.3) is 0 Å². The van der Waals surface area contributed by atoms with Crippen LogP contribution in [-0.4, -0.2) is 29.7 Å². The molecule has 1 aliphatic rings. The van der Waals surface area contributed by atoms with Gasteiger partial charge in [-0.05, 0) is 25.7 Å². The topological polar surface area (TPSA) is 107 Å². The first-order valence-corrected chi connectivity index (χ1v) is 7.52. The van der Waals surface area contributed by atoms with Crippen molar-refractivity contribution in [2.75, 3.05) is 18.0 Å². The van der Waals surface area contributed by atoms with E-state index in [4.69, 9.17) is 5.73 Å². The van der Waals surface area contributed by atoms with Crippen molar-refractivity contribution in [2.24, 2.45) is 11.7 Å². The van der Waals surface area contributed by atoms with Crippen LogP contribution in [0.2, 0.25) is 0 Å². The number of nitrogens with two attached hydrogens (primary N) is 1. The minimum Gasteiger partial charge on any atom is -0.370 e. The van der Waals surface area contributed by atoms with Gasteiger partial charge in [-0.15, -0.1) is 11.3 Å². The van der Waals surface area contributed by atoms with E-state index in [1.165, 1.54) is 13.0 Å². The minimum absolute atomic E-state index is 0.0152. The van der Waals surface area contributed by atoms with Crippen LogP contribution in [0.25, 0.3) is 0 Å². The van der Waals surface area contributed by atoms with Gasteiger partial charge in [0, 0.05) is 25.6 Å². The average Bonchev–Trinajstić information content (AvgIpc) is 2.84. The van der Waals surface area contributed by atoms with Crippen molar-refractivity contribution in [1.82, 2.24) is 0 Å². The van der Waals surface area contributed by atoms with Crippen LogP contribution in [0.15, 0.2) is 6.07 Å². The molecular weight excluding hydrogens is 294 g/mol. The first-order valence-electron chi connectivity index (χ1n) is 6.71. The maximum absolute atomic E-state index is 11.4. The highest BCUT2D eigenvalue weighted by Crippen LogP contribution is 2.39. The highest BCUT2D eigenvalue weighted by molar-refractivity contribution is 7.18. The molecule has 7 nitrogen and oxygen atoms in total. The zero-order valence-corrected chi connectivity index (χ0v) is 12.5. The number of carbonyl (C=O) groups excluding carboxylic acids is 2. The zero-order chi connectivity index (χ0) is 15.6. The molecule has 1 aromatic heterocycles. The molecule has 114 valence electrons. The molecule has 0 unspecified atom stereocenters. The number of carbonyl (C=O) groups is 2. The normalized spacial score (nSPS) is 16.0. The molecule has 1 aliphatic heterocycles. The summed E-state index contributed by atoms with van der Waals surface area (Å²) in [7, 11) is 0. The lowest BCUT2D eigenvalue weighted by Crippen LogP contribution is -2.34. The summed E-state index contributed by atoms with van der Waals surface area (Å²) in [5.74, 6) is -0.238. The Morgan fingerprint density at radius 3 is 2.57 bits per heavy atom. The maximum Gasteiger partial charge on any atom is 0.304 e. The number of nitro groups is 1. The molecule has 2 N–H and O–H groups in total. The second kappa shape index (κ2) is 6.21. The van der Waals surface area contributed by atoms with Gasteiger partial charge >= 0.3 is 5.69 Å². The van der Waals surface area contributed by atoms with Gasteiger partial charge < -0.3 is 10.6 Å². The third kappa shape index (κ3) is 3.57. The third-order valence-corrected chi connectivity index (χ3v) is 4.91. The summed E-state index contributed by atoms with van der Waals surface area (Å²) in [4.78, 5) is 35.3. The van der Waals surface area contributed by atoms with E-state index < -0.39 is 4.92 Å². The summed E-state index contributed by atoms with van der Waals surface area (Å²) in [5.41, 5.74) is 5.18. The smallest absolute Gasteiger partial charge is 0.304 e. The summed E-state index contributed by atoms with van der Waals surface area (Å²) in [6.45, 7) is 2.67. The number of primary amides is 1. The Labute approximate surface area is 125 Å². The quantitative estimate of drug-likeness (QED) is 0.508. The van der Waals surface area contributed by atoms with Crippen LogP contribution in [0, 0.1) is 16.0 Å². The summed E-state index contributed by atoms with van der Waals surface area (Å²) in [6.07, 6.45) is 1.90. The molecule has 0 spiro atoms. The van der Waals surface area contributed by atoms with Crippen LogP contribution < -0.4 is 10.6 Å². The lowest BCUT2D eigenvalue weighted by atomic mass is 9.93. The van der Waals surface area contributed by atoms with Gasteiger partial charge in [-0.3, -0.25) is 19.7 Å². The Kier molecular flexibility index (Phi) is 4.56. The number of ketones is 1. The van der Waals surface area contributed by atoms with E-state index in [9.17, 15) is 19.7 Å². The molecular formula is C13H17N3O4S. The van der Waals surface area contributed by atoms with Crippen molar-refractivity contribution in [3.05, 3.63) is 21.1 Å². The van der Waals surface area contributed by atoms with E-state index in [0.29, 0.717) is 29.4 Å². The summed E-state index contributed by atoms with van der Waals surface area (Å²) in [6, 6.07) is 1.35. The highest BCUT2D eigenvalue weighted by atomic mass is 32.1. The van der Waals surface area contributed by atoms with Gasteiger partial charge in [-0.25, -0.2) is 0 Å². The number of hydrogen-bond acceptors (Lipinski definition) is 6. The fourth-order valence-electron chi connectivity index (χ4n) is 2.53. The monoisotopic (exact) mass is 311 g/mol. The largest absolute Gasteiger partial charge is 0.370 e. The molecule has 0 aliphatic carbocycles. The number of hydrogen-bond donors (Lipinski definition) is 1. The Morgan fingerprint density at radius 1 is 1.48 bits per heavy atom. The van der Waals surface area contributed by atoms with Crippen molar-refractivity contribution >= 4 is 33.7 Å². The number of amides is 1. The lowest BCUT2D eigenvalue weighted by Gasteiger charge is -2.31. The van der Waals surface area contributed by atoms with E-state index in [-0.39, 0.29) is 23.3 Å². The Balaban J connectivity index is 2.14. The van der Waals surface area contributed by atoms with Crippen molar-refractivity contribution in [2.45, 2.75) is 26.2 Å². The first kappa shape index (κ1) is 15.4. The van der Waals surface area contributed by atoms with Gasteiger partial charge in [0.15, 0.2) is 10.8 Å². The van der Waals surface area contributed by atoms with Crippen LogP contribution in [0.4, 0.5) is 10.7 Å². The van der Waals surface area contributed by atoms with E-state index in [1.54, 1.807) is 0 Å². The van der Waals surface area contributed by atoms with E-state index in [0.717, 1.165) is 24.2 Å². The Bertz CT molecular complexity index is 576. The summed E-state index contributed by atoms with van der Waals surface area (Å²) < 4.78 is 0. The fraction of sp³-hybridized carbons (Fsp3) is 0.538. The number of Topliss-reactive ketones (excluding diaryl/α,β-unsaturated/α-hetero) is 1. The average molecular weight is 311 g/mol. The standard InChI is InChI=1S/C13H17N3O4S/c1-8(17)11-7-10(16(19)20)13(21-11)15-4-2-9(3-5-15)6-12(14)18/h7,9H,2-6H2,1H3,(H2,14,18). The molecule has 21 heavy (non-hydrogen) atoms. The van der Waals surface area contributed by atoms with Crippen molar-refractivity contribution in [1.29, 1.82) is 0 Å². The molecule has 1 aromatic rings. The van der Waals surface area contributed by atoms with Crippen molar-refractivity contribution in [3.63, 3.8) is 0 Å². The van der Waals surface area contributed by atoms with E-state index in [1.807, 2.05) is 4.90 Å². The second-order valence-electron chi connectivity index (χ2n) is 5.22.